The summed E-state index contributed by atoms with van der Waals surface area (Å²) in [5, 5.41) is 8.01. The molecule has 0 bridgehead atoms. The second-order valence-corrected chi connectivity index (χ2v) is 7.37. The van der Waals surface area contributed by atoms with Crippen molar-refractivity contribution in [1.29, 1.82) is 0 Å². The zero-order valence-corrected chi connectivity index (χ0v) is 15.0. The van der Waals surface area contributed by atoms with E-state index in [1.54, 1.807) is 12.4 Å². The van der Waals surface area contributed by atoms with Gasteiger partial charge in [-0.15, -0.1) is 0 Å². The number of fused-ring (bicyclic) bond motifs is 1. The van der Waals surface area contributed by atoms with Crippen molar-refractivity contribution < 1.29 is 4.79 Å². The lowest BCUT2D eigenvalue weighted by atomic mass is 9.90. The second-order valence-electron chi connectivity index (χ2n) is 7.37. The molecule has 3 aromatic rings. The van der Waals surface area contributed by atoms with E-state index in [1.165, 1.54) is 0 Å². The first kappa shape index (κ1) is 16.5. The maximum atomic E-state index is 12.9. The Morgan fingerprint density at radius 3 is 2.69 bits per heavy atom. The van der Waals surface area contributed by atoms with Crippen molar-refractivity contribution in [3.05, 3.63) is 77.7 Å². The molecule has 1 aliphatic heterocycles. The predicted octanol–water partition coefficient (Wildman–Crippen LogP) is 4.00. The van der Waals surface area contributed by atoms with Crippen LogP contribution in [-0.2, 0) is 12.0 Å². The van der Waals surface area contributed by atoms with E-state index in [-0.39, 0.29) is 17.4 Å². The molecule has 5 heteroatoms. The third-order valence-corrected chi connectivity index (χ3v) is 4.91. The Morgan fingerprint density at radius 1 is 1.19 bits per heavy atom. The van der Waals surface area contributed by atoms with E-state index in [1.807, 2.05) is 53.2 Å². The lowest BCUT2D eigenvalue weighted by molar-refractivity contribution is 0.0993. The molecule has 0 saturated carbocycles. The molecule has 0 radical (unpaired) electrons. The molecule has 0 fully saturated rings. The van der Waals surface area contributed by atoms with Crippen molar-refractivity contribution in [2.75, 3.05) is 5.32 Å². The Kier molecular flexibility index (Phi) is 4.07. The Labute approximate surface area is 153 Å². The average molecular weight is 346 g/mol. The van der Waals surface area contributed by atoms with Crippen LogP contribution in [0.4, 0.5) is 5.82 Å². The number of ketones is 1. The number of pyridine rings is 1. The number of hydrogen-bond donors (Lipinski definition) is 1. The number of Topliss-reactive ketones (excluding diaryl/α,β-unsaturated/α-hetero) is 1. The van der Waals surface area contributed by atoms with E-state index in [0.717, 1.165) is 23.5 Å². The molecule has 1 atom stereocenters. The zero-order valence-electron chi connectivity index (χ0n) is 15.0. The first-order valence-corrected chi connectivity index (χ1v) is 8.88. The highest BCUT2D eigenvalue weighted by molar-refractivity contribution is 6.01. The molecular weight excluding hydrogens is 324 g/mol. The van der Waals surface area contributed by atoms with E-state index in [0.29, 0.717) is 12.0 Å². The highest BCUT2D eigenvalue weighted by Crippen LogP contribution is 2.39. The van der Waals surface area contributed by atoms with Gasteiger partial charge in [-0.2, -0.15) is 5.10 Å². The minimum Gasteiger partial charge on any atom is -0.361 e. The molecule has 3 heterocycles. The Morgan fingerprint density at radius 2 is 1.96 bits per heavy atom. The average Bonchev–Trinajstić information content (AvgIpc) is 3.08. The van der Waals surface area contributed by atoms with Crippen LogP contribution in [0.3, 0.4) is 0 Å². The minimum absolute atomic E-state index is 0.0543. The molecule has 4 rings (SSSR count). The van der Waals surface area contributed by atoms with Crippen LogP contribution < -0.4 is 5.32 Å². The maximum Gasteiger partial charge on any atom is 0.172 e. The van der Waals surface area contributed by atoms with Gasteiger partial charge in [0.25, 0.3) is 0 Å². The number of nitrogens with zero attached hydrogens (tertiary/aromatic N) is 3. The van der Waals surface area contributed by atoms with Gasteiger partial charge in [0.15, 0.2) is 5.78 Å². The van der Waals surface area contributed by atoms with Gasteiger partial charge in [-0.1, -0.05) is 36.4 Å². The van der Waals surface area contributed by atoms with Crippen molar-refractivity contribution in [3.8, 4) is 0 Å². The molecule has 2 aromatic heterocycles. The van der Waals surface area contributed by atoms with Crippen LogP contribution in [0.5, 0.6) is 0 Å². The highest BCUT2D eigenvalue weighted by atomic mass is 16.1. The normalized spacial score (nSPS) is 18.0. The SMILES string of the molecule is CC1(C)CC(c2ccccn2)Nc2c(C(=O)Cc3ccccc3)cnn21. The van der Waals surface area contributed by atoms with Crippen LogP contribution in [0, 0.1) is 0 Å². The van der Waals surface area contributed by atoms with Gasteiger partial charge in [-0.25, -0.2) is 4.68 Å². The van der Waals surface area contributed by atoms with Crippen molar-refractivity contribution >= 4 is 11.6 Å². The van der Waals surface area contributed by atoms with E-state index in [2.05, 4.69) is 29.2 Å². The summed E-state index contributed by atoms with van der Waals surface area (Å²) in [5.74, 6) is 0.861. The van der Waals surface area contributed by atoms with E-state index in [4.69, 9.17) is 0 Å². The van der Waals surface area contributed by atoms with Gasteiger partial charge in [0.2, 0.25) is 0 Å². The summed E-state index contributed by atoms with van der Waals surface area (Å²) in [4.78, 5) is 17.4. The molecule has 132 valence electrons. The number of benzene rings is 1. The van der Waals surface area contributed by atoms with Crippen LogP contribution >= 0.6 is 0 Å². The number of carbonyl (C=O) groups excluding carboxylic acids is 1. The van der Waals surface area contributed by atoms with Gasteiger partial charge < -0.3 is 5.32 Å². The summed E-state index contributed by atoms with van der Waals surface area (Å²) >= 11 is 0. The number of aromatic nitrogens is 3. The van der Waals surface area contributed by atoms with Crippen LogP contribution in [0.2, 0.25) is 0 Å². The van der Waals surface area contributed by atoms with E-state index < -0.39 is 0 Å². The number of rotatable bonds is 4. The molecule has 0 aliphatic carbocycles. The monoisotopic (exact) mass is 346 g/mol. The Hall–Kier alpha value is -2.95. The molecule has 0 saturated heterocycles. The van der Waals surface area contributed by atoms with Gasteiger partial charge in [0, 0.05) is 12.6 Å². The maximum absolute atomic E-state index is 12.9. The van der Waals surface area contributed by atoms with Crippen LogP contribution in [0.25, 0.3) is 0 Å². The van der Waals surface area contributed by atoms with Gasteiger partial charge in [-0.05, 0) is 38.0 Å². The number of nitrogens with one attached hydrogen (secondary N) is 1. The topological polar surface area (TPSA) is 59.8 Å². The summed E-state index contributed by atoms with van der Waals surface area (Å²) in [6.45, 7) is 4.29. The van der Waals surface area contributed by atoms with E-state index in [9.17, 15) is 4.79 Å². The number of anilines is 1. The molecule has 1 aliphatic rings. The lowest BCUT2D eigenvalue weighted by Crippen LogP contribution is -2.38. The van der Waals surface area contributed by atoms with Crippen LogP contribution in [0.15, 0.2) is 60.9 Å². The van der Waals surface area contributed by atoms with Gasteiger partial charge in [-0.3, -0.25) is 9.78 Å². The Bertz CT molecular complexity index is 916. The summed E-state index contributed by atoms with van der Waals surface area (Å²) in [5.41, 5.74) is 2.43. The highest BCUT2D eigenvalue weighted by Gasteiger charge is 2.36. The minimum atomic E-state index is -0.200. The fourth-order valence-corrected chi connectivity index (χ4v) is 3.59. The fraction of sp³-hybridized carbons (Fsp3) is 0.286. The molecule has 0 amide bonds. The smallest absolute Gasteiger partial charge is 0.172 e. The summed E-state index contributed by atoms with van der Waals surface area (Å²) in [6.07, 6.45) is 4.72. The molecule has 1 unspecified atom stereocenters. The van der Waals surface area contributed by atoms with Gasteiger partial charge >= 0.3 is 0 Å². The van der Waals surface area contributed by atoms with Crippen LogP contribution in [-0.4, -0.2) is 20.5 Å². The molecule has 26 heavy (non-hydrogen) atoms. The first-order valence-electron chi connectivity index (χ1n) is 8.88. The number of carbonyl (C=O) groups is 1. The third kappa shape index (κ3) is 3.01. The van der Waals surface area contributed by atoms with Crippen molar-refractivity contribution in [2.24, 2.45) is 0 Å². The van der Waals surface area contributed by atoms with Crippen LogP contribution in [0.1, 0.15) is 47.9 Å². The van der Waals surface area contributed by atoms with E-state index >= 15 is 0 Å². The Balaban J connectivity index is 1.67. The standard InChI is InChI=1S/C21H22N4O/c1-21(2)13-18(17-10-6-7-11-22-17)24-20-16(14-23-25(20)21)19(26)12-15-8-4-3-5-9-15/h3-11,14,18,24H,12-13H2,1-2H3. The number of hydrogen-bond acceptors (Lipinski definition) is 4. The van der Waals surface area contributed by atoms with Crippen molar-refractivity contribution in [3.63, 3.8) is 0 Å². The van der Waals surface area contributed by atoms with Gasteiger partial charge in [0.05, 0.1) is 29.0 Å². The summed E-state index contributed by atoms with van der Waals surface area (Å²) in [7, 11) is 0. The lowest BCUT2D eigenvalue weighted by Gasteiger charge is -2.37. The quantitative estimate of drug-likeness (QED) is 0.726. The molecule has 1 N–H and O–H groups in total. The zero-order chi connectivity index (χ0) is 18.1. The first-order chi connectivity index (χ1) is 12.5. The summed E-state index contributed by atoms with van der Waals surface area (Å²) in [6, 6.07) is 15.8. The molecular formula is C21H22N4O. The molecule has 0 spiro atoms. The third-order valence-electron chi connectivity index (χ3n) is 4.91. The van der Waals surface area contributed by atoms with Gasteiger partial charge in [0.1, 0.15) is 5.82 Å². The molecule has 5 nitrogen and oxygen atoms in total. The predicted molar refractivity (Wildman–Crippen MR) is 101 cm³/mol. The summed E-state index contributed by atoms with van der Waals surface area (Å²) < 4.78 is 1.94. The second kappa shape index (κ2) is 6.41. The largest absolute Gasteiger partial charge is 0.361 e. The van der Waals surface area contributed by atoms with Crippen molar-refractivity contribution in [2.45, 2.75) is 38.3 Å². The molecule has 1 aromatic carbocycles. The fourth-order valence-electron chi connectivity index (χ4n) is 3.59. The van der Waals surface area contributed by atoms with Crippen molar-refractivity contribution in [1.82, 2.24) is 14.8 Å².